The van der Waals surface area contributed by atoms with Gasteiger partial charge < -0.3 is 5.32 Å². The molecule has 0 radical (unpaired) electrons. The average molecular weight is 394 g/mol. The van der Waals surface area contributed by atoms with Gasteiger partial charge in [-0.25, -0.2) is 15.0 Å². The van der Waals surface area contributed by atoms with Gasteiger partial charge in [-0.05, 0) is 24.5 Å². The lowest BCUT2D eigenvalue weighted by Gasteiger charge is -2.16. The molecule has 7 heteroatoms. The summed E-state index contributed by atoms with van der Waals surface area (Å²) < 4.78 is 0. The second-order valence-electron chi connectivity index (χ2n) is 6.90. The van der Waals surface area contributed by atoms with Crippen molar-refractivity contribution in [3.8, 4) is 10.8 Å². The standard InChI is InChI=1S/C21H23N5OS/c1-2-17-18(28-21(25-17)19-22-10-6-11-23-19)20(27)24-16-9-12-26(14-16)13-15-7-4-3-5-8-15/h3-8,10-11,16H,2,9,12-14H2,1H3,(H,24,27). The largest absolute Gasteiger partial charge is 0.347 e. The predicted octanol–water partition coefficient (Wildman–Crippen LogP) is 3.17. The summed E-state index contributed by atoms with van der Waals surface area (Å²) in [5, 5.41) is 3.89. The lowest BCUT2D eigenvalue weighted by molar-refractivity contribution is 0.0940. The number of carbonyl (C=O) groups excluding carboxylic acids is 1. The summed E-state index contributed by atoms with van der Waals surface area (Å²) >= 11 is 1.37. The summed E-state index contributed by atoms with van der Waals surface area (Å²) in [4.78, 5) is 29.0. The molecule has 1 unspecified atom stereocenters. The number of aryl methyl sites for hydroxylation is 1. The number of hydrogen-bond donors (Lipinski definition) is 1. The van der Waals surface area contributed by atoms with Crippen LogP contribution >= 0.6 is 11.3 Å². The molecule has 1 saturated heterocycles. The van der Waals surface area contributed by atoms with E-state index in [2.05, 4.69) is 49.4 Å². The lowest BCUT2D eigenvalue weighted by Crippen LogP contribution is -2.37. The number of likely N-dealkylation sites (tertiary alicyclic amines) is 1. The molecular formula is C21H23N5OS. The molecule has 1 N–H and O–H groups in total. The molecular weight excluding hydrogens is 370 g/mol. The topological polar surface area (TPSA) is 71.0 Å². The number of benzene rings is 1. The van der Waals surface area contributed by atoms with Gasteiger partial charge in [-0.15, -0.1) is 11.3 Å². The number of thiazole rings is 1. The third-order valence-corrected chi connectivity index (χ3v) is 5.94. The fourth-order valence-electron chi connectivity index (χ4n) is 3.46. The summed E-state index contributed by atoms with van der Waals surface area (Å²) in [7, 11) is 0. The zero-order valence-corrected chi connectivity index (χ0v) is 16.7. The molecule has 28 heavy (non-hydrogen) atoms. The van der Waals surface area contributed by atoms with Crippen LogP contribution in [0.3, 0.4) is 0 Å². The minimum Gasteiger partial charge on any atom is -0.347 e. The Hall–Kier alpha value is -2.64. The normalized spacial score (nSPS) is 17.0. The number of hydrogen-bond acceptors (Lipinski definition) is 6. The number of rotatable bonds is 6. The minimum absolute atomic E-state index is 0.0388. The van der Waals surface area contributed by atoms with Crippen LogP contribution in [0.5, 0.6) is 0 Å². The molecule has 0 spiro atoms. The van der Waals surface area contributed by atoms with Crippen LogP contribution in [0.25, 0.3) is 10.8 Å². The van der Waals surface area contributed by atoms with Crippen LogP contribution in [0.1, 0.15) is 34.3 Å². The second kappa shape index (κ2) is 8.58. The summed E-state index contributed by atoms with van der Waals surface area (Å²) in [6.07, 6.45) is 5.05. The first-order chi connectivity index (χ1) is 13.7. The number of carbonyl (C=O) groups is 1. The monoisotopic (exact) mass is 393 g/mol. The molecule has 1 aliphatic rings. The Balaban J connectivity index is 1.41. The van der Waals surface area contributed by atoms with Gasteiger partial charge in [-0.1, -0.05) is 37.3 Å². The van der Waals surface area contributed by atoms with Gasteiger partial charge in [-0.2, -0.15) is 0 Å². The molecule has 0 bridgehead atoms. The van der Waals surface area contributed by atoms with E-state index in [9.17, 15) is 4.79 Å². The molecule has 0 saturated carbocycles. The SMILES string of the molecule is CCc1nc(-c2ncccn2)sc1C(=O)NC1CCN(Cc2ccccc2)C1. The first-order valence-corrected chi connectivity index (χ1v) is 10.4. The smallest absolute Gasteiger partial charge is 0.263 e. The average Bonchev–Trinajstić information content (AvgIpc) is 3.36. The van der Waals surface area contributed by atoms with Crippen molar-refractivity contribution in [2.45, 2.75) is 32.4 Å². The van der Waals surface area contributed by atoms with E-state index in [1.807, 2.05) is 13.0 Å². The van der Waals surface area contributed by atoms with Crippen molar-refractivity contribution in [1.29, 1.82) is 0 Å². The van der Waals surface area contributed by atoms with Crippen LogP contribution in [0, 0.1) is 0 Å². The second-order valence-corrected chi connectivity index (χ2v) is 7.90. The number of amides is 1. The summed E-state index contributed by atoms with van der Waals surface area (Å²) in [6.45, 7) is 4.80. The highest BCUT2D eigenvalue weighted by atomic mass is 32.1. The number of aromatic nitrogens is 3. The Kier molecular flexibility index (Phi) is 5.73. The molecule has 1 aromatic carbocycles. The summed E-state index contributed by atoms with van der Waals surface area (Å²) in [5.74, 6) is 0.527. The van der Waals surface area contributed by atoms with Crippen LogP contribution in [0.15, 0.2) is 48.8 Å². The van der Waals surface area contributed by atoms with E-state index in [-0.39, 0.29) is 11.9 Å². The van der Waals surface area contributed by atoms with Crippen LogP contribution in [0.2, 0.25) is 0 Å². The lowest BCUT2D eigenvalue weighted by atomic mass is 10.2. The Morgan fingerprint density at radius 1 is 1.21 bits per heavy atom. The fourth-order valence-corrected chi connectivity index (χ4v) is 4.47. The van der Waals surface area contributed by atoms with Gasteiger partial charge >= 0.3 is 0 Å². The van der Waals surface area contributed by atoms with Crippen LogP contribution in [0.4, 0.5) is 0 Å². The molecule has 4 rings (SSSR count). The van der Waals surface area contributed by atoms with Gasteiger partial charge in [0.05, 0.1) is 5.69 Å². The zero-order valence-electron chi connectivity index (χ0n) is 15.8. The van der Waals surface area contributed by atoms with Gasteiger partial charge in [0.25, 0.3) is 5.91 Å². The van der Waals surface area contributed by atoms with Crippen molar-refractivity contribution in [3.63, 3.8) is 0 Å². The van der Waals surface area contributed by atoms with E-state index in [1.54, 1.807) is 18.5 Å². The molecule has 1 aliphatic heterocycles. The van der Waals surface area contributed by atoms with Gasteiger partial charge in [0.1, 0.15) is 4.88 Å². The molecule has 2 aromatic heterocycles. The Morgan fingerprint density at radius 3 is 2.75 bits per heavy atom. The van der Waals surface area contributed by atoms with E-state index >= 15 is 0 Å². The van der Waals surface area contributed by atoms with Crippen LogP contribution in [-0.4, -0.2) is 44.9 Å². The zero-order chi connectivity index (χ0) is 19.3. The Morgan fingerprint density at radius 2 is 2.00 bits per heavy atom. The van der Waals surface area contributed by atoms with Crippen molar-refractivity contribution in [2.75, 3.05) is 13.1 Å². The van der Waals surface area contributed by atoms with Crippen LogP contribution in [-0.2, 0) is 13.0 Å². The first-order valence-electron chi connectivity index (χ1n) is 9.57. The van der Waals surface area contributed by atoms with Gasteiger partial charge in [0.15, 0.2) is 10.8 Å². The Bertz CT molecular complexity index is 928. The van der Waals surface area contributed by atoms with E-state index in [0.29, 0.717) is 22.1 Å². The highest BCUT2D eigenvalue weighted by Crippen LogP contribution is 2.26. The quantitative estimate of drug-likeness (QED) is 0.697. The van der Waals surface area contributed by atoms with Gasteiger partial charge in [0.2, 0.25) is 0 Å². The molecule has 1 amide bonds. The highest BCUT2D eigenvalue weighted by Gasteiger charge is 2.26. The van der Waals surface area contributed by atoms with Crippen molar-refractivity contribution in [3.05, 3.63) is 64.9 Å². The van der Waals surface area contributed by atoms with E-state index < -0.39 is 0 Å². The van der Waals surface area contributed by atoms with Crippen molar-refractivity contribution in [2.24, 2.45) is 0 Å². The summed E-state index contributed by atoms with van der Waals surface area (Å²) in [5.41, 5.74) is 2.11. The van der Waals surface area contributed by atoms with Gasteiger partial charge in [0, 0.05) is 38.1 Å². The van der Waals surface area contributed by atoms with Gasteiger partial charge in [-0.3, -0.25) is 9.69 Å². The Labute approximate surface area is 168 Å². The predicted molar refractivity (Wildman–Crippen MR) is 110 cm³/mol. The molecule has 3 heterocycles. The van der Waals surface area contributed by atoms with Crippen LogP contribution < -0.4 is 5.32 Å². The number of nitrogens with zero attached hydrogens (tertiary/aromatic N) is 4. The van der Waals surface area contributed by atoms with Crippen molar-refractivity contribution < 1.29 is 4.79 Å². The molecule has 3 aromatic rings. The third kappa shape index (κ3) is 4.26. The molecule has 6 nitrogen and oxygen atoms in total. The van der Waals surface area contributed by atoms with E-state index in [4.69, 9.17) is 0 Å². The maximum atomic E-state index is 12.9. The third-order valence-electron chi connectivity index (χ3n) is 4.85. The van der Waals surface area contributed by atoms with E-state index in [1.165, 1.54) is 16.9 Å². The van der Waals surface area contributed by atoms with E-state index in [0.717, 1.165) is 31.7 Å². The molecule has 144 valence electrons. The summed E-state index contributed by atoms with van der Waals surface area (Å²) in [6, 6.07) is 12.4. The fraction of sp³-hybridized carbons (Fsp3) is 0.333. The van der Waals surface area contributed by atoms with Crippen molar-refractivity contribution >= 4 is 17.2 Å². The maximum Gasteiger partial charge on any atom is 0.263 e. The molecule has 1 fully saturated rings. The maximum absolute atomic E-state index is 12.9. The molecule has 1 atom stereocenters. The minimum atomic E-state index is -0.0388. The first kappa shape index (κ1) is 18.7. The number of nitrogens with one attached hydrogen (secondary N) is 1. The highest BCUT2D eigenvalue weighted by molar-refractivity contribution is 7.17. The molecule has 0 aliphatic carbocycles. The van der Waals surface area contributed by atoms with Crippen molar-refractivity contribution in [1.82, 2.24) is 25.2 Å².